The Morgan fingerprint density at radius 2 is 1.96 bits per heavy atom. The first kappa shape index (κ1) is 15.7. The van der Waals surface area contributed by atoms with Gasteiger partial charge in [0.05, 0.1) is 17.2 Å². The molecule has 0 unspecified atom stereocenters. The van der Waals surface area contributed by atoms with Gasteiger partial charge in [0.2, 0.25) is 5.91 Å². The van der Waals surface area contributed by atoms with Crippen LogP contribution in [-0.2, 0) is 11.3 Å². The van der Waals surface area contributed by atoms with Gasteiger partial charge >= 0.3 is 0 Å². The van der Waals surface area contributed by atoms with Crippen molar-refractivity contribution in [2.75, 3.05) is 7.05 Å². The third kappa shape index (κ3) is 3.28. The van der Waals surface area contributed by atoms with E-state index in [0.717, 1.165) is 18.8 Å². The fourth-order valence-electron chi connectivity index (χ4n) is 3.31. The van der Waals surface area contributed by atoms with E-state index in [4.69, 9.17) is 0 Å². The Labute approximate surface area is 135 Å². The fraction of sp³-hybridized carbons (Fsp3) is 0.500. The first-order valence-electron chi connectivity index (χ1n) is 8.26. The number of fused-ring (bicyclic) bond motifs is 1. The molecular formula is C18H23N3O2. The molecule has 0 aliphatic heterocycles. The number of nitrogens with zero attached hydrogens (tertiary/aromatic N) is 3. The highest BCUT2D eigenvalue weighted by molar-refractivity contribution is 5.79. The maximum atomic E-state index is 12.5. The van der Waals surface area contributed by atoms with Gasteiger partial charge in [0.15, 0.2) is 0 Å². The van der Waals surface area contributed by atoms with E-state index in [0.29, 0.717) is 16.9 Å². The van der Waals surface area contributed by atoms with Crippen LogP contribution in [0, 0.1) is 5.92 Å². The molecule has 1 aromatic carbocycles. The molecule has 3 rings (SSSR count). The van der Waals surface area contributed by atoms with E-state index in [1.807, 2.05) is 24.1 Å². The molecule has 0 spiro atoms. The minimum Gasteiger partial charge on any atom is -0.341 e. The lowest BCUT2D eigenvalue weighted by Gasteiger charge is -2.33. The number of carbonyl (C=O) groups excluding carboxylic acids is 1. The van der Waals surface area contributed by atoms with E-state index in [2.05, 4.69) is 11.9 Å². The van der Waals surface area contributed by atoms with E-state index in [1.165, 1.54) is 23.7 Å². The molecule has 0 saturated heterocycles. The molecule has 0 atom stereocenters. The molecule has 23 heavy (non-hydrogen) atoms. The number of para-hydroxylation sites is 1. The van der Waals surface area contributed by atoms with Gasteiger partial charge in [-0.05, 0) is 43.7 Å². The van der Waals surface area contributed by atoms with Crippen molar-refractivity contribution in [1.82, 2.24) is 14.5 Å². The van der Waals surface area contributed by atoms with Crippen LogP contribution < -0.4 is 5.56 Å². The average molecular weight is 313 g/mol. The SMILES string of the molecule is CC1CCC(N(C)C(=O)Cn2cnc3ccccc3c2=O)CC1. The zero-order valence-corrected chi connectivity index (χ0v) is 13.7. The van der Waals surface area contributed by atoms with E-state index in [-0.39, 0.29) is 18.0 Å². The molecule has 1 amide bonds. The van der Waals surface area contributed by atoms with Gasteiger partial charge in [-0.25, -0.2) is 4.98 Å². The van der Waals surface area contributed by atoms with Gasteiger partial charge in [-0.3, -0.25) is 14.2 Å². The third-order valence-electron chi connectivity index (χ3n) is 4.96. The summed E-state index contributed by atoms with van der Waals surface area (Å²) in [7, 11) is 1.85. The van der Waals surface area contributed by atoms with Crippen LogP contribution in [-0.4, -0.2) is 33.4 Å². The predicted molar refractivity (Wildman–Crippen MR) is 90.2 cm³/mol. The highest BCUT2D eigenvalue weighted by Crippen LogP contribution is 2.26. The Morgan fingerprint density at radius 1 is 1.26 bits per heavy atom. The number of amides is 1. The fourth-order valence-corrected chi connectivity index (χ4v) is 3.31. The second-order valence-corrected chi connectivity index (χ2v) is 6.61. The minimum absolute atomic E-state index is 0.0243. The molecule has 1 heterocycles. The van der Waals surface area contributed by atoms with Crippen molar-refractivity contribution in [1.29, 1.82) is 0 Å². The lowest BCUT2D eigenvalue weighted by Crippen LogP contribution is -2.42. The Bertz CT molecular complexity index is 760. The summed E-state index contributed by atoms with van der Waals surface area (Å²) in [5.74, 6) is 0.728. The molecule has 5 nitrogen and oxygen atoms in total. The van der Waals surface area contributed by atoms with Crippen LogP contribution in [0.5, 0.6) is 0 Å². The van der Waals surface area contributed by atoms with Gasteiger partial charge in [-0.1, -0.05) is 19.1 Å². The van der Waals surface area contributed by atoms with Crippen LogP contribution in [0.15, 0.2) is 35.4 Å². The van der Waals surface area contributed by atoms with Gasteiger partial charge < -0.3 is 4.90 Å². The molecule has 2 aromatic rings. The maximum Gasteiger partial charge on any atom is 0.261 e. The number of carbonyl (C=O) groups is 1. The highest BCUT2D eigenvalue weighted by atomic mass is 16.2. The van der Waals surface area contributed by atoms with E-state index >= 15 is 0 Å². The van der Waals surface area contributed by atoms with Crippen molar-refractivity contribution < 1.29 is 4.79 Å². The molecular weight excluding hydrogens is 290 g/mol. The van der Waals surface area contributed by atoms with Gasteiger partial charge in [0.25, 0.3) is 5.56 Å². The Balaban J connectivity index is 1.75. The first-order chi connectivity index (χ1) is 11.1. The first-order valence-corrected chi connectivity index (χ1v) is 8.26. The van der Waals surface area contributed by atoms with Crippen molar-refractivity contribution in [2.45, 2.75) is 45.2 Å². The number of aromatic nitrogens is 2. The second-order valence-electron chi connectivity index (χ2n) is 6.61. The largest absolute Gasteiger partial charge is 0.341 e. The summed E-state index contributed by atoms with van der Waals surface area (Å²) in [4.78, 5) is 31.1. The summed E-state index contributed by atoms with van der Waals surface area (Å²) in [6.45, 7) is 2.32. The number of hydrogen-bond acceptors (Lipinski definition) is 3. The van der Waals surface area contributed by atoms with Crippen LogP contribution in [0.25, 0.3) is 10.9 Å². The van der Waals surface area contributed by atoms with Gasteiger partial charge in [0.1, 0.15) is 6.54 Å². The van der Waals surface area contributed by atoms with Crippen LogP contribution in [0.4, 0.5) is 0 Å². The van der Waals surface area contributed by atoms with Gasteiger partial charge in [-0.15, -0.1) is 0 Å². The average Bonchev–Trinajstić information content (AvgIpc) is 2.57. The van der Waals surface area contributed by atoms with Crippen LogP contribution >= 0.6 is 0 Å². The number of hydrogen-bond donors (Lipinski definition) is 0. The van der Waals surface area contributed by atoms with Crippen LogP contribution in [0.1, 0.15) is 32.6 Å². The van der Waals surface area contributed by atoms with Gasteiger partial charge in [0, 0.05) is 13.1 Å². The van der Waals surface area contributed by atoms with E-state index in [9.17, 15) is 9.59 Å². The monoisotopic (exact) mass is 313 g/mol. The summed E-state index contributed by atoms with van der Waals surface area (Å²) in [5.41, 5.74) is 0.505. The Morgan fingerprint density at radius 3 is 2.70 bits per heavy atom. The van der Waals surface area contributed by atoms with Crippen molar-refractivity contribution >= 4 is 16.8 Å². The standard InChI is InChI=1S/C18H23N3O2/c1-13-7-9-14(10-8-13)20(2)17(22)11-21-12-19-16-6-4-3-5-15(16)18(21)23/h3-6,12-14H,7-11H2,1-2H3. The molecule has 5 heteroatoms. The van der Waals surface area contributed by atoms with Crippen LogP contribution in [0.2, 0.25) is 0 Å². The normalized spacial score (nSPS) is 21.3. The molecule has 1 aliphatic carbocycles. The molecule has 1 saturated carbocycles. The zero-order chi connectivity index (χ0) is 16.4. The highest BCUT2D eigenvalue weighted by Gasteiger charge is 2.25. The van der Waals surface area contributed by atoms with E-state index in [1.54, 1.807) is 12.1 Å². The van der Waals surface area contributed by atoms with Crippen molar-refractivity contribution in [2.24, 2.45) is 5.92 Å². The molecule has 0 bridgehead atoms. The second kappa shape index (κ2) is 6.52. The Hall–Kier alpha value is -2.17. The number of likely N-dealkylation sites (N-methyl/N-ethyl adjacent to an activating group) is 1. The summed E-state index contributed by atoms with van der Waals surface area (Å²) in [6.07, 6.45) is 5.90. The van der Waals surface area contributed by atoms with Crippen molar-refractivity contribution in [3.8, 4) is 0 Å². The number of rotatable bonds is 3. The predicted octanol–water partition coefficient (Wildman–Crippen LogP) is 2.43. The number of benzene rings is 1. The zero-order valence-electron chi connectivity index (χ0n) is 13.7. The topological polar surface area (TPSA) is 55.2 Å². The lowest BCUT2D eigenvalue weighted by atomic mass is 9.87. The summed E-state index contributed by atoms with van der Waals surface area (Å²) in [5, 5.41) is 0.553. The van der Waals surface area contributed by atoms with Gasteiger partial charge in [-0.2, -0.15) is 0 Å². The molecule has 1 aromatic heterocycles. The smallest absolute Gasteiger partial charge is 0.261 e. The quantitative estimate of drug-likeness (QED) is 0.874. The van der Waals surface area contributed by atoms with Crippen molar-refractivity contribution in [3.63, 3.8) is 0 Å². The molecule has 1 aliphatic rings. The minimum atomic E-state index is -0.158. The maximum absolute atomic E-state index is 12.5. The third-order valence-corrected chi connectivity index (χ3v) is 4.96. The molecule has 0 N–H and O–H groups in total. The summed E-state index contributed by atoms with van der Waals surface area (Å²) in [6, 6.07) is 7.51. The summed E-state index contributed by atoms with van der Waals surface area (Å²) < 4.78 is 1.41. The lowest BCUT2D eigenvalue weighted by molar-refractivity contribution is -0.133. The van der Waals surface area contributed by atoms with Crippen LogP contribution in [0.3, 0.4) is 0 Å². The molecule has 122 valence electrons. The molecule has 0 radical (unpaired) electrons. The van der Waals surface area contributed by atoms with E-state index < -0.39 is 0 Å². The summed E-state index contributed by atoms with van der Waals surface area (Å²) >= 11 is 0. The van der Waals surface area contributed by atoms with Crippen molar-refractivity contribution in [3.05, 3.63) is 40.9 Å². The Kier molecular flexibility index (Phi) is 4.46. The molecule has 1 fully saturated rings.